The number of carbonyl (C=O) groups is 1. The monoisotopic (exact) mass is 323 g/mol. The lowest BCUT2D eigenvalue weighted by molar-refractivity contribution is -0.121. The van der Waals surface area contributed by atoms with Gasteiger partial charge in [-0.1, -0.05) is 12.1 Å². The third kappa shape index (κ3) is 2.42. The highest BCUT2D eigenvalue weighted by Gasteiger charge is 2.33. The number of ether oxygens (including phenoxy) is 1. The van der Waals surface area contributed by atoms with E-state index >= 15 is 0 Å². The molecule has 122 valence electrons. The molecule has 2 aliphatic rings. The smallest absolute Gasteiger partial charge is 0.253 e. The first-order valence-electron chi connectivity index (χ1n) is 7.94. The van der Waals surface area contributed by atoms with Crippen LogP contribution in [0.5, 0.6) is 5.75 Å². The third-order valence-corrected chi connectivity index (χ3v) is 4.42. The van der Waals surface area contributed by atoms with Crippen molar-refractivity contribution in [1.82, 2.24) is 15.3 Å². The molecule has 1 saturated carbocycles. The normalized spacial score (nSPS) is 21.6. The molecular weight excluding hydrogens is 306 g/mol. The average Bonchev–Trinajstić information content (AvgIpc) is 3.03. The first-order valence-corrected chi connectivity index (χ1v) is 7.94. The summed E-state index contributed by atoms with van der Waals surface area (Å²) in [6, 6.07) is 5.68. The Kier molecular flexibility index (Phi) is 3.48. The number of guanidine groups is 1. The van der Waals surface area contributed by atoms with Crippen molar-refractivity contribution in [3.05, 3.63) is 23.9 Å². The number of carbonyl (C=O) groups excluding carboxylic acids is 1. The van der Waals surface area contributed by atoms with E-state index in [0.717, 1.165) is 36.1 Å². The summed E-state index contributed by atoms with van der Waals surface area (Å²) >= 11 is 0. The van der Waals surface area contributed by atoms with Gasteiger partial charge in [0.2, 0.25) is 11.9 Å². The third-order valence-electron chi connectivity index (χ3n) is 4.42. The molecule has 0 bridgehead atoms. The molecule has 1 unspecified atom stereocenters. The maximum absolute atomic E-state index is 12.1. The standard InChI is InChI=1S/C17H17N5O2/c1-9-10-5-4-8-13(24-2)14(10)20-16(18-9)22-17-19-12-7-3-6-11(12)15(23)21-17/h4-5,8,11H,3,6-7H2,1-2H3,(H,18,20,21,22,23). The van der Waals surface area contributed by atoms with Crippen molar-refractivity contribution in [1.29, 1.82) is 0 Å². The zero-order valence-corrected chi connectivity index (χ0v) is 13.5. The molecule has 1 N–H and O–H groups in total. The predicted octanol–water partition coefficient (Wildman–Crippen LogP) is 2.31. The Morgan fingerprint density at radius 1 is 1.33 bits per heavy atom. The van der Waals surface area contributed by atoms with Crippen LogP contribution in [0.15, 0.2) is 28.2 Å². The van der Waals surface area contributed by atoms with E-state index in [1.165, 1.54) is 0 Å². The average molecular weight is 323 g/mol. The first-order chi connectivity index (χ1) is 11.7. The van der Waals surface area contributed by atoms with Gasteiger partial charge >= 0.3 is 0 Å². The number of nitrogens with one attached hydrogen (secondary N) is 1. The van der Waals surface area contributed by atoms with Crippen molar-refractivity contribution < 1.29 is 9.53 Å². The van der Waals surface area contributed by atoms with Crippen molar-refractivity contribution in [3.63, 3.8) is 0 Å². The number of aryl methyl sites for hydroxylation is 1. The Hall–Kier alpha value is -2.83. The van der Waals surface area contributed by atoms with Crippen molar-refractivity contribution in [2.75, 3.05) is 7.11 Å². The molecule has 1 amide bonds. The van der Waals surface area contributed by atoms with Gasteiger partial charge in [0.05, 0.1) is 18.7 Å². The summed E-state index contributed by atoms with van der Waals surface area (Å²) in [4.78, 5) is 29.8. The second-order valence-electron chi connectivity index (χ2n) is 5.94. The Morgan fingerprint density at radius 3 is 3.04 bits per heavy atom. The van der Waals surface area contributed by atoms with E-state index in [-0.39, 0.29) is 23.7 Å². The van der Waals surface area contributed by atoms with Crippen LogP contribution in [0.25, 0.3) is 10.9 Å². The van der Waals surface area contributed by atoms with Gasteiger partial charge in [0.1, 0.15) is 11.3 Å². The SMILES string of the molecule is COc1cccc2c(C)nc(/N=C3/N=C4CCCC4C(=O)N3)nc12. The van der Waals surface area contributed by atoms with Gasteiger partial charge in [-0.2, -0.15) is 4.99 Å². The highest BCUT2D eigenvalue weighted by molar-refractivity contribution is 6.18. The second-order valence-corrected chi connectivity index (χ2v) is 5.94. The molecule has 0 radical (unpaired) electrons. The fraction of sp³-hybridized carbons (Fsp3) is 0.353. The van der Waals surface area contributed by atoms with E-state index in [9.17, 15) is 4.79 Å². The number of hydrogen-bond donors (Lipinski definition) is 1. The molecule has 7 heteroatoms. The van der Waals surface area contributed by atoms with Crippen molar-refractivity contribution in [2.24, 2.45) is 15.9 Å². The summed E-state index contributed by atoms with van der Waals surface area (Å²) in [6.45, 7) is 1.89. The van der Waals surface area contributed by atoms with Gasteiger partial charge in [-0.05, 0) is 32.3 Å². The molecule has 0 saturated heterocycles. The van der Waals surface area contributed by atoms with Crippen LogP contribution in [0.1, 0.15) is 25.0 Å². The minimum atomic E-state index is -0.0942. The van der Waals surface area contributed by atoms with Crippen molar-refractivity contribution >= 4 is 34.4 Å². The molecule has 4 rings (SSSR count). The van der Waals surface area contributed by atoms with Crippen LogP contribution in [0.2, 0.25) is 0 Å². The fourth-order valence-corrected chi connectivity index (χ4v) is 3.23. The number of hydrogen-bond acceptors (Lipinski definition) is 5. The van der Waals surface area contributed by atoms with Gasteiger partial charge in [0.25, 0.3) is 5.95 Å². The van der Waals surface area contributed by atoms with E-state index < -0.39 is 0 Å². The van der Waals surface area contributed by atoms with Gasteiger partial charge in [-0.25, -0.2) is 15.0 Å². The Labute approximate surface area is 138 Å². The number of methoxy groups -OCH3 is 1. The van der Waals surface area contributed by atoms with Crippen LogP contribution < -0.4 is 10.1 Å². The van der Waals surface area contributed by atoms with Gasteiger partial charge in [0.15, 0.2) is 0 Å². The van der Waals surface area contributed by atoms with Crippen LogP contribution in [0.4, 0.5) is 5.95 Å². The number of fused-ring (bicyclic) bond motifs is 2. The maximum Gasteiger partial charge on any atom is 0.253 e. The summed E-state index contributed by atoms with van der Waals surface area (Å²) in [5, 5.41) is 3.66. The number of rotatable bonds is 2. The summed E-state index contributed by atoms with van der Waals surface area (Å²) in [7, 11) is 1.60. The van der Waals surface area contributed by atoms with Crippen LogP contribution in [0, 0.1) is 12.8 Å². The largest absolute Gasteiger partial charge is 0.494 e. The van der Waals surface area contributed by atoms with E-state index in [4.69, 9.17) is 4.74 Å². The van der Waals surface area contributed by atoms with Crippen molar-refractivity contribution in [2.45, 2.75) is 26.2 Å². The highest BCUT2D eigenvalue weighted by Crippen LogP contribution is 2.28. The van der Waals surface area contributed by atoms with E-state index in [1.807, 2.05) is 25.1 Å². The number of amides is 1. The number of nitrogens with zero attached hydrogens (tertiary/aromatic N) is 4. The Balaban J connectivity index is 1.80. The molecule has 24 heavy (non-hydrogen) atoms. The van der Waals surface area contributed by atoms with Crippen LogP contribution >= 0.6 is 0 Å². The zero-order valence-electron chi connectivity index (χ0n) is 13.5. The number of aliphatic imine (C=N–C) groups is 2. The predicted molar refractivity (Wildman–Crippen MR) is 90.8 cm³/mol. The number of benzene rings is 1. The fourth-order valence-electron chi connectivity index (χ4n) is 3.23. The molecule has 2 aromatic rings. The van der Waals surface area contributed by atoms with Crippen LogP contribution in [-0.4, -0.2) is 34.7 Å². The van der Waals surface area contributed by atoms with Crippen molar-refractivity contribution in [3.8, 4) is 5.75 Å². The summed E-state index contributed by atoms with van der Waals surface area (Å²) in [6.07, 6.45) is 2.70. The van der Waals surface area contributed by atoms with Gasteiger partial charge in [-0.3, -0.25) is 10.1 Å². The zero-order chi connectivity index (χ0) is 16.7. The molecule has 7 nitrogen and oxygen atoms in total. The molecule has 0 spiro atoms. The topological polar surface area (TPSA) is 88.8 Å². The minimum absolute atomic E-state index is 0.0358. The molecule has 1 aromatic heterocycles. The molecule has 1 aromatic carbocycles. The van der Waals surface area contributed by atoms with Crippen LogP contribution in [0.3, 0.4) is 0 Å². The van der Waals surface area contributed by atoms with Gasteiger partial charge in [0, 0.05) is 11.1 Å². The highest BCUT2D eigenvalue weighted by atomic mass is 16.5. The first kappa shape index (κ1) is 14.7. The molecule has 2 heterocycles. The van der Waals surface area contributed by atoms with Gasteiger partial charge in [-0.15, -0.1) is 0 Å². The lowest BCUT2D eigenvalue weighted by Gasteiger charge is -2.17. The summed E-state index contributed by atoms with van der Waals surface area (Å²) in [5.41, 5.74) is 2.40. The van der Waals surface area contributed by atoms with E-state index in [1.54, 1.807) is 7.11 Å². The lowest BCUT2D eigenvalue weighted by Crippen LogP contribution is -2.41. The summed E-state index contributed by atoms with van der Waals surface area (Å²) < 4.78 is 5.37. The van der Waals surface area contributed by atoms with Gasteiger partial charge < -0.3 is 4.74 Å². The van der Waals surface area contributed by atoms with E-state index in [0.29, 0.717) is 11.3 Å². The molecule has 1 atom stereocenters. The number of para-hydroxylation sites is 1. The Morgan fingerprint density at radius 2 is 2.21 bits per heavy atom. The van der Waals surface area contributed by atoms with E-state index in [2.05, 4.69) is 25.3 Å². The van der Waals surface area contributed by atoms with Crippen LogP contribution in [-0.2, 0) is 4.79 Å². The number of aromatic nitrogens is 2. The second kappa shape index (κ2) is 5.67. The molecule has 1 fully saturated rings. The molecule has 1 aliphatic heterocycles. The molecule has 1 aliphatic carbocycles. The maximum atomic E-state index is 12.1. The Bertz CT molecular complexity index is 903. The summed E-state index contributed by atoms with van der Waals surface area (Å²) in [5.74, 6) is 1.06. The lowest BCUT2D eigenvalue weighted by atomic mass is 10.0. The molecular formula is C17H17N5O2. The minimum Gasteiger partial charge on any atom is -0.494 e. The quantitative estimate of drug-likeness (QED) is 0.918.